The number of ether oxygens (including phenoxy) is 1. The van der Waals surface area contributed by atoms with Crippen LogP contribution < -0.4 is 15.9 Å². The van der Waals surface area contributed by atoms with Gasteiger partial charge in [-0.25, -0.2) is 9.78 Å². The third-order valence-corrected chi connectivity index (χ3v) is 6.52. The molecule has 170 valence electrons. The number of benzene rings is 2. The predicted octanol–water partition coefficient (Wildman–Crippen LogP) is 4.21. The Morgan fingerprint density at radius 3 is 2.44 bits per heavy atom. The van der Waals surface area contributed by atoms with Crippen molar-refractivity contribution in [3.63, 3.8) is 0 Å². The Hall–Kier alpha value is -4.24. The molecule has 0 saturated carbocycles. The third-order valence-electron chi connectivity index (χ3n) is 5.38. The first kappa shape index (κ1) is 21.6. The van der Waals surface area contributed by atoms with Gasteiger partial charge in [0.05, 0.1) is 12.8 Å². The average Bonchev–Trinajstić information content (AvgIpc) is 3.26. The summed E-state index contributed by atoms with van der Waals surface area (Å²) in [5.74, 6) is 0.201. The second-order valence-corrected chi connectivity index (χ2v) is 8.44. The van der Waals surface area contributed by atoms with Gasteiger partial charge in [0.2, 0.25) is 0 Å². The minimum atomic E-state index is -0.751. The zero-order chi connectivity index (χ0) is 23.8. The molecule has 0 bridgehead atoms. The summed E-state index contributed by atoms with van der Waals surface area (Å²) >= 11 is 0.936. The van der Waals surface area contributed by atoms with Crippen molar-refractivity contribution in [3.8, 4) is 28.4 Å². The van der Waals surface area contributed by atoms with E-state index in [1.165, 1.54) is 4.57 Å². The van der Waals surface area contributed by atoms with Gasteiger partial charge in [0.25, 0.3) is 5.56 Å². The average molecular weight is 474 g/mol. The van der Waals surface area contributed by atoms with Gasteiger partial charge in [-0.15, -0.1) is 0 Å². The monoisotopic (exact) mass is 473 g/mol. The second kappa shape index (κ2) is 8.60. The summed E-state index contributed by atoms with van der Waals surface area (Å²) in [6.45, 7) is 0. The summed E-state index contributed by atoms with van der Waals surface area (Å²) in [5, 5.41) is 11.4. The highest BCUT2D eigenvalue weighted by Gasteiger charge is 2.23. The number of fused-ring (bicyclic) bond motifs is 1. The van der Waals surface area contributed by atoms with E-state index in [2.05, 4.69) is 4.98 Å². The first-order chi connectivity index (χ1) is 16.5. The zero-order valence-corrected chi connectivity index (χ0v) is 19.1. The summed E-state index contributed by atoms with van der Waals surface area (Å²) < 4.78 is 13.9. The molecule has 0 amide bonds. The number of methoxy groups -OCH3 is 1. The molecule has 5 aromatic rings. The van der Waals surface area contributed by atoms with Gasteiger partial charge in [0, 0.05) is 31.2 Å². The zero-order valence-electron chi connectivity index (χ0n) is 18.3. The van der Waals surface area contributed by atoms with Gasteiger partial charge >= 0.3 is 5.63 Å². The number of aromatic nitrogens is 3. The van der Waals surface area contributed by atoms with E-state index >= 15 is 0 Å². The molecule has 0 aliphatic rings. The number of rotatable bonds is 5. The van der Waals surface area contributed by atoms with E-state index in [1.54, 1.807) is 61.5 Å². The third kappa shape index (κ3) is 3.65. The summed E-state index contributed by atoms with van der Waals surface area (Å²) in [6, 6.07) is 17.8. The Kier molecular flexibility index (Phi) is 5.46. The molecule has 3 heterocycles. The van der Waals surface area contributed by atoms with Crippen LogP contribution in [0.2, 0.25) is 0 Å². The van der Waals surface area contributed by atoms with Gasteiger partial charge in [0.1, 0.15) is 21.6 Å². The van der Waals surface area contributed by atoms with E-state index < -0.39 is 16.9 Å². The Labute approximate surface area is 197 Å². The number of nitrogens with zero attached hydrogens (tertiary/aromatic N) is 3. The van der Waals surface area contributed by atoms with Crippen LogP contribution in [0.15, 0.2) is 97.1 Å². The van der Waals surface area contributed by atoms with Crippen LogP contribution >= 0.6 is 11.8 Å². The van der Waals surface area contributed by atoms with Gasteiger partial charge in [0.15, 0.2) is 10.9 Å². The van der Waals surface area contributed by atoms with Gasteiger partial charge in [-0.05, 0) is 41.6 Å². The Morgan fingerprint density at radius 2 is 1.79 bits per heavy atom. The number of imidazole rings is 1. The van der Waals surface area contributed by atoms with E-state index in [0.29, 0.717) is 22.3 Å². The van der Waals surface area contributed by atoms with Crippen molar-refractivity contribution in [3.05, 3.63) is 93.8 Å². The molecule has 9 heteroatoms. The van der Waals surface area contributed by atoms with E-state index in [0.717, 1.165) is 17.3 Å². The molecule has 0 spiro atoms. The summed E-state index contributed by atoms with van der Waals surface area (Å²) in [7, 11) is 3.32. The summed E-state index contributed by atoms with van der Waals surface area (Å²) in [6.07, 6.45) is 3.29. The number of aryl methyl sites for hydroxylation is 1. The molecule has 8 nitrogen and oxygen atoms in total. The number of pyridine rings is 1. The lowest BCUT2D eigenvalue weighted by atomic mass is 10.1. The molecular formula is C25H19N3O5S. The van der Waals surface area contributed by atoms with Gasteiger partial charge in [-0.2, -0.15) is 0 Å². The van der Waals surface area contributed by atoms with E-state index in [9.17, 15) is 14.7 Å². The molecule has 0 aliphatic carbocycles. The molecule has 0 fully saturated rings. The first-order valence-electron chi connectivity index (χ1n) is 10.3. The maximum Gasteiger partial charge on any atom is 0.354 e. The van der Waals surface area contributed by atoms with Crippen LogP contribution in [0, 0.1) is 0 Å². The molecule has 3 aromatic heterocycles. The lowest BCUT2D eigenvalue weighted by Gasteiger charge is -2.16. The van der Waals surface area contributed by atoms with Crippen LogP contribution in [-0.2, 0) is 7.05 Å². The summed E-state index contributed by atoms with van der Waals surface area (Å²) in [4.78, 5) is 30.6. The summed E-state index contributed by atoms with van der Waals surface area (Å²) in [5.41, 5.74) is 0.542. The minimum absolute atomic E-state index is 0.000282. The number of hydrogen-bond acceptors (Lipinski definition) is 7. The molecule has 0 atom stereocenters. The van der Waals surface area contributed by atoms with Gasteiger partial charge in [-0.3, -0.25) is 9.36 Å². The predicted molar refractivity (Wildman–Crippen MR) is 129 cm³/mol. The van der Waals surface area contributed by atoms with E-state index in [-0.39, 0.29) is 15.9 Å². The van der Waals surface area contributed by atoms with Gasteiger partial charge in [-0.1, -0.05) is 30.3 Å². The lowest BCUT2D eigenvalue weighted by molar-refractivity contribution is 0.414. The highest BCUT2D eigenvalue weighted by Crippen LogP contribution is 2.36. The van der Waals surface area contributed by atoms with Crippen molar-refractivity contribution < 1.29 is 14.3 Å². The molecule has 0 radical (unpaired) electrons. The lowest BCUT2D eigenvalue weighted by Crippen LogP contribution is -2.21. The standard InChI is InChI=1S/C25H19N3O5S/c1-27-13-12-26-25(27)34-22-21(29)20-19(33-24(22)31)14-18(15-6-4-3-5-7-15)28(23(20)30)16-8-10-17(32-2)11-9-16/h3-14,29H,1-2H3. The van der Waals surface area contributed by atoms with Crippen molar-refractivity contribution in [2.24, 2.45) is 7.05 Å². The van der Waals surface area contributed by atoms with Crippen LogP contribution in [0.5, 0.6) is 11.5 Å². The normalized spacial score (nSPS) is 11.1. The van der Waals surface area contributed by atoms with Crippen LogP contribution in [0.3, 0.4) is 0 Å². The maximum atomic E-state index is 13.8. The van der Waals surface area contributed by atoms with Crippen LogP contribution in [-0.4, -0.2) is 26.3 Å². The molecule has 5 rings (SSSR count). The topological polar surface area (TPSA) is 99.5 Å². The molecule has 0 aliphatic heterocycles. The fourth-order valence-electron chi connectivity index (χ4n) is 3.68. The van der Waals surface area contributed by atoms with Crippen molar-refractivity contribution >= 4 is 22.7 Å². The van der Waals surface area contributed by atoms with Gasteiger partial charge < -0.3 is 18.8 Å². The number of hydrogen-bond donors (Lipinski definition) is 1. The van der Waals surface area contributed by atoms with Crippen molar-refractivity contribution in [1.29, 1.82) is 0 Å². The molecule has 0 saturated heterocycles. The van der Waals surface area contributed by atoms with Crippen LogP contribution in [0.1, 0.15) is 0 Å². The molecule has 0 unspecified atom stereocenters. The van der Waals surface area contributed by atoms with Crippen LogP contribution in [0.4, 0.5) is 0 Å². The van der Waals surface area contributed by atoms with Crippen molar-refractivity contribution in [2.75, 3.05) is 7.11 Å². The quantitative estimate of drug-likeness (QED) is 0.408. The molecule has 2 aromatic carbocycles. The fourth-order valence-corrected chi connectivity index (χ4v) is 4.51. The Bertz CT molecular complexity index is 1620. The van der Waals surface area contributed by atoms with E-state index in [4.69, 9.17) is 9.15 Å². The van der Waals surface area contributed by atoms with Crippen molar-refractivity contribution in [2.45, 2.75) is 10.1 Å². The smallest absolute Gasteiger partial charge is 0.354 e. The molecular weight excluding hydrogens is 454 g/mol. The highest BCUT2D eigenvalue weighted by molar-refractivity contribution is 7.99. The van der Waals surface area contributed by atoms with Crippen LogP contribution in [0.25, 0.3) is 27.9 Å². The maximum absolute atomic E-state index is 13.8. The first-order valence-corrected chi connectivity index (χ1v) is 11.1. The molecule has 1 N–H and O–H groups in total. The fraction of sp³-hybridized carbons (Fsp3) is 0.0800. The highest BCUT2D eigenvalue weighted by atomic mass is 32.2. The number of aromatic hydroxyl groups is 1. The molecule has 34 heavy (non-hydrogen) atoms. The Balaban J connectivity index is 1.81. The van der Waals surface area contributed by atoms with Crippen molar-refractivity contribution in [1.82, 2.24) is 14.1 Å². The second-order valence-electron chi connectivity index (χ2n) is 7.46. The van der Waals surface area contributed by atoms with E-state index in [1.807, 2.05) is 30.3 Å². The largest absolute Gasteiger partial charge is 0.505 e. The minimum Gasteiger partial charge on any atom is -0.505 e. The Morgan fingerprint density at radius 1 is 1.06 bits per heavy atom. The SMILES string of the molecule is COc1ccc(-n2c(-c3ccccc3)cc3oc(=O)c(Sc4nccn4C)c(O)c3c2=O)cc1.